The molecule has 0 unspecified atom stereocenters. The highest BCUT2D eigenvalue weighted by Gasteiger charge is 2.30. The minimum absolute atomic E-state index is 0.0620. The fourth-order valence-electron chi connectivity index (χ4n) is 1.12. The van der Waals surface area contributed by atoms with Gasteiger partial charge in [-0.25, -0.2) is 4.79 Å². The molecule has 0 aliphatic heterocycles. The second kappa shape index (κ2) is 4.96. The molecule has 0 fully saturated rings. The number of ether oxygens (including phenoxy) is 1. The molecule has 1 rings (SSSR count). The Bertz CT molecular complexity index is 425. The quantitative estimate of drug-likeness (QED) is 0.772. The van der Waals surface area contributed by atoms with E-state index in [0.717, 1.165) is 0 Å². The number of hydrogen-bond acceptors (Lipinski definition) is 4. The molecule has 1 heterocycles. The van der Waals surface area contributed by atoms with Gasteiger partial charge in [-0.05, 0) is 13.8 Å². The molecule has 7 nitrogen and oxygen atoms in total. The number of nitrogens with zero attached hydrogens (tertiary/aromatic N) is 2. The Morgan fingerprint density at radius 1 is 1.59 bits per heavy atom. The van der Waals surface area contributed by atoms with Crippen molar-refractivity contribution in [2.75, 3.05) is 19.0 Å². The van der Waals surface area contributed by atoms with Gasteiger partial charge >= 0.3 is 5.97 Å². The molecule has 1 aromatic rings. The average molecular weight is 241 g/mol. The molecule has 1 aromatic heterocycles. The molecule has 0 spiro atoms. The second-order valence-corrected chi connectivity index (χ2v) is 4.02. The fourth-order valence-corrected chi connectivity index (χ4v) is 1.12. The maximum absolute atomic E-state index is 11.2. The number of aromatic nitrogens is 2. The molecular weight excluding hydrogens is 226 g/mol. The van der Waals surface area contributed by atoms with Crippen molar-refractivity contribution in [3.05, 3.63) is 12.4 Å². The number of carbonyl (C=O) groups excluding carboxylic acids is 1. The molecule has 2 N–H and O–H groups in total. The molecule has 0 atom stereocenters. The lowest BCUT2D eigenvalue weighted by molar-refractivity contribution is -0.146. The van der Waals surface area contributed by atoms with E-state index in [-0.39, 0.29) is 12.5 Å². The van der Waals surface area contributed by atoms with Gasteiger partial charge in [0.25, 0.3) is 0 Å². The van der Waals surface area contributed by atoms with E-state index in [1.807, 2.05) is 0 Å². The standard InChI is InChI=1S/C10H15N3O4/c1-10(2,9(15)16)13-5-7(4-11-13)12-8(14)6-17-3/h4-5H,6H2,1-3H3,(H,12,14)(H,15,16). The molecule has 0 saturated carbocycles. The lowest BCUT2D eigenvalue weighted by Crippen LogP contribution is -2.35. The molecule has 0 radical (unpaired) electrons. The van der Waals surface area contributed by atoms with Gasteiger partial charge in [0.1, 0.15) is 6.61 Å². The van der Waals surface area contributed by atoms with Crippen molar-refractivity contribution >= 4 is 17.6 Å². The summed E-state index contributed by atoms with van der Waals surface area (Å²) in [5, 5.41) is 15.4. The molecular formula is C10H15N3O4. The van der Waals surface area contributed by atoms with E-state index in [9.17, 15) is 9.59 Å². The number of carboxylic acids is 1. The lowest BCUT2D eigenvalue weighted by Gasteiger charge is -2.19. The number of nitrogens with one attached hydrogen (secondary N) is 1. The molecule has 1 amide bonds. The second-order valence-electron chi connectivity index (χ2n) is 4.02. The van der Waals surface area contributed by atoms with Crippen molar-refractivity contribution in [1.82, 2.24) is 9.78 Å². The van der Waals surface area contributed by atoms with E-state index in [2.05, 4.69) is 15.2 Å². The van der Waals surface area contributed by atoms with Gasteiger partial charge < -0.3 is 15.2 Å². The van der Waals surface area contributed by atoms with Crippen LogP contribution in [0.15, 0.2) is 12.4 Å². The summed E-state index contributed by atoms with van der Waals surface area (Å²) < 4.78 is 5.93. The van der Waals surface area contributed by atoms with Gasteiger partial charge in [-0.1, -0.05) is 0 Å². The fraction of sp³-hybridized carbons (Fsp3) is 0.500. The van der Waals surface area contributed by atoms with Gasteiger partial charge in [-0.2, -0.15) is 5.10 Å². The van der Waals surface area contributed by atoms with Gasteiger partial charge in [-0.15, -0.1) is 0 Å². The first-order chi connectivity index (χ1) is 7.87. The van der Waals surface area contributed by atoms with Crippen molar-refractivity contribution in [2.45, 2.75) is 19.4 Å². The van der Waals surface area contributed by atoms with Crippen LogP contribution in [-0.2, 0) is 19.9 Å². The van der Waals surface area contributed by atoms with Crippen molar-refractivity contribution in [2.24, 2.45) is 0 Å². The normalized spacial score (nSPS) is 11.2. The Morgan fingerprint density at radius 3 is 2.76 bits per heavy atom. The SMILES string of the molecule is COCC(=O)Nc1cnn(C(C)(C)C(=O)O)c1. The largest absolute Gasteiger partial charge is 0.479 e. The van der Waals surface area contributed by atoms with Crippen LogP contribution in [0.3, 0.4) is 0 Å². The van der Waals surface area contributed by atoms with Crippen molar-refractivity contribution in [3.63, 3.8) is 0 Å². The number of rotatable bonds is 5. The summed E-state index contributed by atoms with van der Waals surface area (Å²) in [6.45, 7) is 2.97. The van der Waals surface area contributed by atoms with E-state index in [0.29, 0.717) is 5.69 Å². The van der Waals surface area contributed by atoms with Gasteiger partial charge in [0, 0.05) is 13.3 Å². The Labute approximate surface area is 98.4 Å². The van der Waals surface area contributed by atoms with Gasteiger partial charge in [0.05, 0.1) is 11.9 Å². The Balaban J connectivity index is 2.78. The molecule has 7 heteroatoms. The third kappa shape index (κ3) is 3.04. The van der Waals surface area contributed by atoms with Crippen LogP contribution in [0.1, 0.15) is 13.8 Å². The predicted octanol–water partition coefficient (Wildman–Crippen LogP) is 0.288. The number of hydrogen-bond donors (Lipinski definition) is 2. The number of aliphatic carboxylic acids is 1. The summed E-state index contributed by atoms with van der Waals surface area (Å²) in [5.74, 6) is -1.32. The van der Waals surface area contributed by atoms with Crippen LogP contribution >= 0.6 is 0 Å². The smallest absolute Gasteiger partial charge is 0.331 e. The first-order valence-electron chi connectivity index (χ1n) is 4.95. The number of methoxy groups -OCH3 is 1. The van der Waals surface area contributed by atoms with E-state index in [1.54, 1.807) is 0 Å². The summed E-state index contributed by atoms with van der Waals surface area (Å²) in [6.07, 6.45) is 2.85. The molecule has 0 saturated heterocycles. The number of carboxylic acid groups (broad SMARTS) is 1. The monoisotopic (exact) mass is 241 g/mol. The van der Waals surface area contributed by atoms with E-state index >= 15 is 0 Å². The average Bonchev–Trinajstić information content (AvgIpc) is 2.66. The molecule has 17 heavy (non-hydrogen) atoms. The number of anilines is 1. The van der Waals surface area contributed by atoms with Crippen LogP contribution in [0.2, 0.25) is 0 Å². The first-order valence-corrected chi connectivity index (χ1v) is 4.95. The summed E-state index contributed by atoms with van der Waals surface area (Å²) in [7, 11) is 1.41. The zero-order valence-corrected chi connectivity index (χ0v) is 9.93. The van der Waals surface area contributed by atoms with Gasteiger partial charge in [0.15, 0.2) is 5.54 Å². The Kier molecular flexibility index (Phi) is 3.84. The molecule has 0 aromatic carbocycles. The predicted molar refractivity (Wildman–Crippen MR) is 59.7 cm³/mol. The summed E-state index contributed by atoms with van der Waals surface area (Å²) in [5.41, 5.74) is -0.731. The Hall–Kier alpha value is -1.89. The van der Waals surface area contributed by atoms with E-state index in [1.165, 1.54) is 38.0 Å². The summed E-state index contributed by atoms with van der Waals surface area (Å²) >= 11 is 0. The van der Waals surface area contributed by atoms with Crippen LogP contribution in [0.4, 0.5) is 5.69 Å². The van der Waals surface area contributed by atoms with Crippen LogP contribution in [-0.4, -0.2) is 40.5 Å². The minimum atomic E-state index is -1.16. The molecule has 94 valence electrons. The zero-order valence-electron chi connectivity index (χ0n) is 9.93. The minimum Gasteiger partial charge on any atom is -0.479 e. The van der Waals surface area contributed by atoms with Crippen LogP contribution in [0.25, 0.3) is 0 Å². The molecule has 0 aliphatic rings. The van der Waals surface area contributed by atoms with E-state index < -0.39 is 11.5 Å². The van der Waals surface area contributed by atoms with Crippen LogP contribution in [0, 0.1) is 0 Å². The van der Waals surface area contributed by atoms with Gasteiger partial charge in [0.2, 0.25) is 5.91 Å². The highest BCUT2D eigenvalue weighted by molar-refractivity contribution is 5.91. The molecule has 0 aliphatic carbocycles. The maximum Gasteiger partial charge on any atom is 0.331 e. The van der Waals surface area contributed by atoms with Crippen LogP contribution in [0.5, 0.6) is 0 Å². The Morgan fingerprint density at radius 2 is 2.24 bits per heavy atom. The number of carbonyl (C=O) groups is 2. The molecule has 0 bridgehead atoms. The zero-order chi connectivity index (χ0) is 13.1. The highest BCUT2D eigenvalue weighted by atomic mass is 16.5. The van der Waals surface area contributed by atoms with Crippen molar-refractivity contribution in [3.8, 4) is 0 Å². The van der Waals surface area contributed by atoms with E-state index in [4.69, 9.17) is 5.11 Å². The summed E-state index contributed by atoms with van der Waals surface area (Å²) in [4.78, 5) is 22.2. The van der Waals surface area contributed by atoms with Crippen molar-refractivity contribution < 1.29 is 19.4 Å². The van der Waals surface area contributed by atoms with Crippen molar-refractivity contribution in [1.29, 1.82) is 0 Å². The lowest BCUT2D eigenvalue weighted by atomic mass is 10.1. The first kappa shape index (κ1) is 13.2. The summed E-state index contributed by atoms with van der Waals surface area (Å²) in [6, 6.07) is 0. The third-order valence-corrected chi connectivity index (χ3v) is 2.24. The topological polar surface area (TPSA) is 93.5 Å². The number of amides is 1. The van der Waals surface area contributed by atoms with Gasteiger partial charge in [-0.3, -0.25) is 9.48 Å². The third-order valence-electron chi connectivity index (χ3n) is 2.24. The maximum atomic E-state index is 11.2. The highest BCUT2D eigenvalue weighted by Crippen LogP contribution is 2.17. The van der Waals surface area contributed by atoms with Crippen LogP contribution < -0.4 is 5.32 Å².